The maximum Gasteiger partial charge on any atom is 0.411 e. The summed E-state index contributed by atoms with van der Waals surface area (Å²) < 4.78 is 46.0. The molecule has 7 heteroatoms. The van der Waals surface area contributed by atoms with Crippen molar-refractivity contribution in [3.8, 4) is 5.75 Å². The molecule has 0 radical (unpaired) electrons. The average molecular weight is 359 g/mol. The summed E-state index contributed by atoms with van der Waals surface area (Å²) in [5, 5.41) is 0. The van der Waals surface area contributed by atoms with Crippen molar-refractivity contribution < 1.29 is 27.4 Å². The summed E-state index contributed by atoms with van der Waals surface area (Å²) in [6, 6.07) is 7.54. The summed E-state index contributed by atoms with van der Waals surface area (Å²) in [5.41, 5.74) is 1.02. The summed E-state index contributed by atoms with van der Waals surface area (Å²) in [6.07, 6.45) is -0.588. The molecule has 1 fully saturated rings. The van der Waals surface area contributed by atoms with Crippen LogP contribution in [0.25, 0.3) is 0 Å². The fourth-order valence-electron chi connectivity index (χ4n) is 3.07. The predicted molar refractivity (Wildman–Crippen MR) is 87.4 cm³/mol. The number of nitrogens with zero attached hydrogens (tertiary/aromatic N) is 1. The van der Waals surface area contributed by atoms with Gasteiger partial charge < -0.3 is 14.4 Å². The minimum atomic E-state index is -4.36. The van der Waals surface area contributed by atoms with E-state index in [2.05, 4.69) is 4.74 Å². The highest BCUT2D eigenvalue weighted by Crippen LogP contribution is 2.31. The van der Waals surface area contributed by atoms with Crippen LogP contribution < -0.4 is 4.74 Å². The van der Waals surface area contributed by atoms with Gasteiger partial charge in [0.1, 0.15) is 12.4 Å². The first kappa shape index (κ1) is 19.6. The molecule has 0 N–H and O–H groups in total. The number of ether oxygens (including phenoxy) is 2. The zero-order valence-electron chi connectivity index (χ0n) is 14.3. The van der Waals surface area contributed by atoms with Crippen LogP contribution in [0.3, 0.4) is 0 Å². The molecule has 2 rings (SSSR count). The molecule has 0 bridgehead atoms. The van der Waals surface area contributed by atoms with E-state index in [1.165, 1.54) is 0 Å². The van der Waals surface area contributed by atoms with Crippen LogP contribution in [0.15, 0.2) is 24.3 Å². The van der Waals surface area contributed by atoms with E-state index in [9.17, 15) is 18.0 Å². The molecule has 25 heavy (non-hydrogen) atoms. The first-order valence-electron chi connectivity index (χ1n) is 8.48. The number of likely N-dealkylation sites (tertiary alicyclic amines) is 1. The fraction of sp³-hybridized carbons (Fsp3) is 0.611. The second kappa shape index (κ2) is 9.08. The molecule has 1 aromatic rings. The normalized spacial score (nSPS) is 18.7. The van der Waals surface area contributed by atoms with Gasteiger partial charge in [0.05, 0.1) is 26.2 Å². The molecule has 140 valence electrons. The van der Waals surface area contributed by atoms with Crippen LogP contribution in [-0.2, 0) is 9.53 Å². The summed E-state index contributed by atoms with van der Waals surface area (Å²) in [5.74, 6) is 0.584. The van der Waals surface area contributed by atoms with Crippen molar-refractivity contribution in [1.29, 1.82) is 0 Å². The highest BCUT2D eigenvalue weighted by Gasteiger charge is 2.29. The number of hydrogen-bond acceptors (Lipinski definition) is 3. The van der Waals surface area contributed by atoms with Gasteiger partial charge in [-0.25, -0.2) is 0 Å². The van der Waals surface area contributed by atoms with Crippen molar-refractivity contribution >= 4 is 5.91 Å². The molecule has 1 saturated heterocycles. The van der Waals surface area contributed by atoms with E-state index in [1.54, 1.807) is 12.0 Å². The Morgan fingerprint density at radius 3 is 2.56 bits per heavy atom. The Hall–Kier alpha value is -1.76. The zero-order valence-corrected chi connectivity index (χ0v) is 14.3. The molecule has 1 amide bonds. The number of hydrogen-bond donors (Lipinski definition) is 0. The second-order valence-electron chi connectivity index (χ2n) is 6.14. The van der Waals surface area contributed by atoms with Crippen molar-refractivity contribution in [2.45, 2.75) is 44.3 Å². The third-order valence-corrected chi connectivity index (χ3v) is 4.30. The van der Waals surface area contributed by atoms with Gasteiger partial charge in [-0.1, -0.05) is 25.0 Å². The number of amides is 1. The molecule has 0 aliphatic carbocycles. The van der Waals surface area contributed by atoms with Gasteiger partial charge in [0.25, 0.3) is 0 Å². The van der Waals surface area contributed by atoms with Gasteiger partial charge in [-0.15, -0.1) is 0 Å². The standard InChI is InChI=1S/C18H24F3NO3/c1-24-15-8-6-14(7-9-15)16-5-3-2-4-11-22(16)17(23)10-12-25-13-18(19,20)21/h6-9,16H,2-5,10-13H2,1H3. The van der Waals surface area contributed by atoms with Gasteiger partial charge in [-0.05, 0) is 30.5 Å². The molecule has 0 aromatic heterocycles. The van der Waals surface area contributed by atoms with E-state index in [1.807, 2.05) is 24.3 Å². The van der Waals surface area contributed by atoms with Gasteiger partial charge >= 0.3 is 6.18 Å². The lowest BCUT2D eigenvalue weighted by Crippen LogP contribution is -2.35. The Morgan fingerprint density at radius 2 is 1.92 bits per heavy atom. The maximum atomic E-state index is 12.5. The van der Waals surface area contributed by atoms with E-state index >= 15 is 0 Å². The van der Waals surface area contributed by atoms with Gasteiger partial charge in [0.15, 0.2) is 0 Å². The van der Waals surface area contributed by atoms with Gasteiger partial charge in [-0.2, -0.15) is 13.2 Å². The largest absolute Gasteiger partial charge is 0.497 e. The quantitative estimate of drug-likeness (QED) is 0.718. The number of alkyl halides is 3. The number of halogens is 3. The van der Waals surface area contributed by atoms with Crippen LogP contribution in [0.1, 0.15) is 43.7 Å². The van der Waals surface area contributed by atoms with Crippen LogP contribution in [0.4, 0.5) is 13.2 Å². The molecule has 1 unspecified atom stereocenters. The number of benzene rings is 1. The summed E-state index contributed by atoms with van der Waals surface area (Å²) >= 11 is 0. The first-order valence-corrected chi connectivity index (χ1v) is 8.48. The SMILES string of the molecule is COc1ccc(C2CCCCCN2C(=O)CCOCC(F)(F)F)cc1. The molecular formula is C18H24F3NO3. The molecule has 1 atom stereocenters. The smallest absolute Gasteiger partial charge is 0.411 e. The molecule has 1 aromatic carbocycles. The Labute approximate surface area is 145 Å². The molecule has 0 saturated carbocycles. The molecule has 1 aliphatic rings. The number of methoxy groups -OCH3 is 1. The molecule has 1 aliphatic heterocycles. The average Bonchev–Trinajstić information content (AvgIpc) is 2.84. The highest BCUT2D eigenvalue weighted by atomic mass is 19.4. The molecular weight excluding hydrogens is 335 g/mol. The van der Waals surface area contributed by atoms with Gasteiger partial charge in [-0.3, -0.25) is 4.79 Å². The first-order chi connectivity index (χ1) is 11.9. The monoisotopic (exact) mass is 359 g/mol. The second-order valence-corrected chi connectivity index (χ2v) is 6.14. The summed E-state index contributed by atoms with van der Waals surface area (Å²) in [6.45, 7) is -0.916. The Balaban J connectivity index is 1.99. The van der Waals surface area contributed by atoms with Gasteiger partial charge in [0.2, 0.25) is 5.91 Å². The predicted octanol–water partition coefficient (Wildman–Crippen LogP) is 4.11. The molecule has 1 heterocycles. The fourth-order valence-corrected chi connectivity index (χ4v) is 3.07. The molecule has 0 spiro atoms. The van der Waals surface area contributed by atoms with E-state index in [0.717, 1.165) is 37.0 Å². The van der Waals surface area contributed by atoms with Crippen molar-refractivity contribution in [3.05, 3.63) is 29.8 Å². The van der Waals surface area contributed by atoms with Crippen molar-refractivity contribution in [1.82, 2.24) is 4.90 Å². The zero-order chi connectivity index (χ0) is 18.3. The topological polar surface area (TPSA) is 38.8 Å². The molecule has 4 nitrogen and oxygen atoms in total. The van der Waals surface area contributed by atoms with E-state index in [4.69, 9.17) is 4.74 Å². The van der Waals surface area contributed by atoms with Crippen molar-refractivity contribution in [3.63, 3.8) is 0 Å². The number of carbonyl (C=O) groups is 1. The minimum Gasteiger partial charge on any atom is -0.497 e. The van der Waals surface area contributed by atoms with Crippen LogP contribution in [0, 0.1) is 0 Å². The highest BCUT2D eigenvalue weighted by molar-refractivity contribution is 5.77. The van der Waals surface area contributed by atoms with Crippen LogP contribution in [0.2, 0.25) is 0 Å². The lowest BCUT2D eigenvalue weighted by Gasteiger charge is -2.30. The minimum absolute atomic E-state index is 0.0390. The lowest BCUT2D eigenvalue weighted by atomic mass is 10.0. The summed E-state index contributed by atoms with van der Waals surface area (Å²) in [7, 11) is 1.59. The third kappa shape index (κ3) is 6.23. The lowest BCUT2D eigenvalue weighted by molar-refractivity contribution is -0.175. The van der Waals surface area contributed by atoms with Crippen molar-refractivity contribution in [2.75, 3.05) is 26.9 Å². The van der Waals surface area contributed by atoms with Gasteiger partial charge in [0, 0.05) is 6.54 Å². The van der Waals surface area contributed by atoms with Crippen LogP contribution >= 0.6 is 0 Å². The number of rotatable bonds is 6. The maximum absolute atomic E-state index is 12.5. The van der Waals surface area contributed by atoms with E-state index < -0.39 is 12.8 Å². The van der Waals surface area contributed by atoms with Crippen molar-refractivity contribution in [2.24, 2.45) is 0 Å². The van der Waals surface area contributed by atoms with Crippen LogP contribution in [0.5, 0.6) is 5.75 Å². The summed E-state index contributed by atoms with van der Waals surface area (Å²) in [4.78, 5) is 14.3. The Bertz CT molecular complexity index is 545. The van der Waals surface area contributed by atoms with E-state index in [0.29, 0.717) is 6.54 Å². The number of carbonyl (C=O) groups excluding carboxylic acids is 1. The van der Waals surface area contributed by atoms with E-state index in [-0.39, 0.29) is 25.0 Å². The Kier molecular flexibility index (Phi) is 7.11. The Morgan fingerprint density at radius 1 is 1.20 bits per heavy atom. The third-order valence-electron chi connectivity index (χ3n) is 4.30. The van der Waals surface area contributed by atoms with Crippen LogP contribution in [-0.4, -0.2) is 43.9 Å².